The van der Waals surface area contributed by atoms with E-state index < -0.39 is 11.2 Å². The Morgan fingerprint density at radius 1 is 1.33 bits per heavy atom. The van der Waals surface area contributed by atoms with E-state index in [9.17, 15) is 10.2 Å². The summed E-state index contributed by atoms with van der Waals surface area (Å²) in [6.07, 6.45) is 1.11. The maximum atomic E-state index is 9.53. The minimum atomic E-state index is -2.04. The molecule has 0 bridgehead atoms. The Kier molecular flexibility index (Phi) is 3.07. The summed E-state index contributed by atoms with van der Waals surface area (Å²) in [7, 11) is 0. The van der Waals surface area contributed by atoms with Crippen LogP contribution in [0.4, 0.5) is 0 Å². The van der Waals surface area contributed by atoms with E-state index in [4.69, 9.17) is 4.74 Å². The fourth-order valence-corrected chi connectivity index (χ4v) is 0.601. The standard InChI is InChI=1S/C9H16O3/c1-6-12-7(2)9(10,11)8(3,4)5/h6,10-11H,1-2H2,3-5H3. The fourth-order valence-electron chi connectivity index (χ4n) is 0.601. The molecule has 0 heterocycles. The van der Waals surface area contributed by atoms with Crippen LogP contribution in [0.15, 0.2) is 25.2 Å². The molecule has 3 heteroatoms. The van der Waals surface area contributed by atoms with Gasteiger partial charge in [-0.2, -0.15) is 0 Å². The first-order valence-electron chi connectivity index (χ1n) is 3.65. The number of aliphatic hydroxyl groups is 2. The zero-order chi connectivity index (χ0) is 9.99. The summed E-state index contributed by atoms with van der Waals surface area (Å²) in [6.45, 7) is 11.7. The number of ether oxygens (including phenoxy) is 1. The van der Waals surface area contributed by atoms with E-state index in [1.807, 2.05) is 0 Å². The molecule has 0 aromatic carbocycles. The van der Waals surface area contributed by atoms with Crippen LogP contribution in [-0.4, -0.2) is 16.0 Å². The second-order valence-corrected chi connectivity index (χ2v) is 3.63. The van der Waals surface area contributed by atoms with Gasteiger partial charge in [0.15, 0.2) is 5.76 Å². The van der Waals surface area contributed by atoms with Gasteiger partial charge in [0.2, 0.25) is 5.79 Å². The Labute approximate surface area is 73.0 Å². The molecule has 0 aromatic heterocycles. The molecule has 70 valence electrons. The van der Waals surface area contributed by atoms with E-state index in [0.717, 1.165) is 6.26 Å². The summed E-state index contributed by atoms with van der Waals surface area (Å²) in [4.78, 5) is 0. The van der Waals surface area contributed by atoms with Crippen molar-refractivity contribution < 1.29 is 14.9 Å². The van der Waals surface area contributed by atoms with Crippen molar-refractivity contribution in [2.45, 2.75) is 26.6 Å². The van der Waals surface area contributed by atoms with Gasteiger partial charge in [-0.1, -0.05) is 33.9 Å². The van der Waals surface area contributed by atoms with E-state index in [1.54, 1.807) is 20.8 Å². The van der Waals surface area contributed by atoms with Crippen LogP contribution in [0.5, 0.6) is 0 Å². The van der Waals surface area contributed by atoms with Gasteiger partial charge in [-0.15, -0.1) is 0 Å². The van der Waals surface area contributed by atoms with Crippen molar-refractivity contribution in [3.8, 4) is 0 Å². The van der Waals surface area contributed by atoms with Gasteiger partial charge in [-0.05, 0) is 0 Å². The van der Waals surface area contributed by atoms with Crippen molar-refractivity contribution in [1.29, 1.82) is 0 Å². The van der Waals surface area contributed by atoms with Crippen molar-refractivity contribution in [3.63, 3.8) is 0 Å². The average molecular weight is 172 g/mol. The lowest BCUT2D eigenvalue weighted by Gasteiger charge is -2.35. The van der Waals surface area contributed by atoms with E-state index >= 15 is 0 Å². The van der Waals surface area contributed by atoms with Gasteiger partial charge in [0.05, 0.1) is 6.26 Å². The first kappa shape index (κ1) is 11.2. The Hall–Kier alpha value is -0.800. The molecule has 0 saturated carbocycles. The quantitative estimate of drug-likeness (QED) is 0.499. The van der Waals surface area contributed by atoms with Crippen molar-refractivity contribution in [3.05, 3.63) is 25.2 Å². The van der Waals surface area contributed by atoms with Crippen LogP contribution in [0.2, 0.25) is 0 Å². The SMILES string of the molecule is C=COC(=C)C(O)(O)C(C)(C)C. The smallest absolute Gasteiger partial charge is 0.227 e. The highest BCUT2D eigenvalue weighted by Crippen LogP contribution is 2.33. The van der Waals surface area contributed by atoms with Gasteiger partial charge < -0.3 is 14.9 Å². The minimum absolute atomic E-state index is 0.120. The van der Waals surface area contributed by atoms with Crippen molar-refractivity contribution >= 4 is 0 Å². The predicted octanol–water partition coefficient (Wildman–Crippen LogP) is 1.39. The van der Waals surface area contributed by atoms with E-state index in [1.165, 1.54) is 0 Å². The molecular formula is C9H16O3. The molecular weight excluding hydrogens is 156 g/mol. The average Bonchev–Trinajstić information content (AvgIpc) is 1.85. The van der Waals surface area contributed by atoms with Crippen molar-refractivity contribution in [2.24, 2.45) is 5.41 Å². The molecule has 0 aliphatic heterocycles. The molecule has 0 saturated heterocycles. The molecule has 3 nitrogen and oxygen atoms in total. The molecule has 0 aliphatic rings. The summed E-state index contributed by atoms with van der Waals surface area (Å²) < 4.78 is 4.70. The molecule has 0 unspecified atom stereocenters. The molecule has 0 radical (unpaired) electrons. The lowest BCUT2D eigenvalue weighted by Crippen LogP contribution is -2.44. The van der Waals surface area contributed by atoms with Crippen molar-refractivity contribution in [2.75, 3.05) is 0 Å². The molecule has 0 aromatic rings. The molecule has 0 spiro atoms. The summed E-state index contributed by atoms with van der Waals surface area (Å²) in [5.74, 6) is -2.16. The monoisotopic (exact) mass is 172 g/mol. The van der Waals surface area contributed by atoms with E-state index in [2.05, 4.69) is 13.2 Å². The van der Waals surface area contributed by atoms with Crippen LogP contribution >= 0.6 is 0 Å². The highest BCUT2D eigenvalue weighted by atomic mass is 16.6. The Bertz CT molecular complexity index is 186. The van der Waals surface area contributed by atoms with Gasteiger partial charge in [0.1, 0.15) is 0 Å². The Morgan fingerprint density at radius 2 is 1.75 bits per heavy atom. The number of rotatable bonds is 3. The van der Waals surface area contributed by atoms with Gasteiger partial charge in [0, 0.05) is 5.41 Å². The van der Waals surface area contributed by atoms with Crippen LogP contribution in [0.1, 0.15) is 20.8 Å². The zero-order valence-corrected chi connectivity index (χ0v) is 7.79. The lowest BCUT2D eigenvalue weighted by molar-refractivity contribution is -0.216. The number of hydrogen-bond donors (Lipinski definition) is 2. The predicted molar refractivity (Wildman–Crippen MR) is 47.0 cm³/mol. The molecule has 0 amide bonds. The van der Waals surface area contributed by atoms with Crippen molar-refractivity contribution in [1.82, 2.24) is 0 Å². The van der Waals surface area contributed by atoms with Gasteiger partial charge >= 0.3 is 0 Å². The maximum absolute atomic E-state index is 9.53. The van der Waals surface area contributed by atoms with Gasteiger partial charge in [-0.25, -0.2) is 0 Å². The van der Waals surface area contributed by atoms with Gasteiger partial charge in [-0.3, -0.25) is 0 Å². The van der Waals surface area contributed by atoms with E-state index in [0.29, 0.717) is 0 Å². The Balaban J connectivity index is 4.61. The summed E-state index contributed by atoms with van der Waals surface area (Å²) in [5, 5.41) is 19.1. The molecule has 2 N–H and O–H groups in total. The third-order valence-corrected chi connectivity index (χ3v) is 1.66. The van der Waals surface area contributed by atoms with Crippen LogP contribution in [0.3, 0.4) is 0 Å². The van der Waals surface area contributed by atoms with Gasteiger partial charge in [0.25, 0.3) is 0 Å². The zero-order valence-electron chi connectivity index (χ0n) is 7.79. The highest BCUT2D eigenvalue weighted by molar-refractivity contribution is 5.05. The Morgan fingerprint density at radius 3 is 2.00 bits per heavy atom. The second-order valence-electron chi connectivity index (χ2n) is 3.63. The third kappa shape index (κ3) is 2.09. The minimum Gasteiger partial charge on any atom is -0.465 e. The summed E-state index contributed by atoms with van der Waals surface area (Å²) in [5.41, 5.74) is -0.743. The molecule has 0 atom stereocenters. The van der Waals surface area contributed by atoms with E-state index in [-0.39, 0.29) is 5.76 Å². The lowest BCUT2D eigenvalue weighted by atomic mass is 9.84. The third-order valence-electron chi connectivity index (χ3n) is 1.66. The topological polar surface area (TPSA) is 49.7 Å². The van der Waals surface area contributed by atoms with Crippen LogP contribution in [-0.2, 0) is 4.74 Å². The highest BCUT2D eigenvalue weighted by Gasteiger charge is 2.42. The van der Waals surface area contributed by atoms with Crippen LogP contribution < -0.4 is 0 Å². The maximum Gasteiger partial charge on any atom is 0.227 e. The number of hydrogen-bond acceptors (Lipinski definition) is 3. The fraction of sp³-hybridized carbons (Fsp3) is 0.556. The molecule has 0 fully saturated rings. The molecule has 0 aliphatic carbocycles. The van der Waals surface area contributed by atoms with Crippen LogP contribution in [0.25, 0.3) is 0 Å². The largest absolute Gasteiger partial charge is 0.465 e. The molecule has 0 rings (SSSR count). The summed E-state index contributed by atoms with van der Waals surface area (Å²) >= 11 is 0. The first-order chi connectivity index (χ1) is 5.23. The van der Waals surface area contributed by atoms with Crippen LogP contribution in [0, 0.1) is 5.41 Å². The molecule has 12 heavy (non-hydrogen) atoms. The normalized spacial score (nSPS) is 12.4. The second kappa shape index (κ2) is 3.29. The summed E-state index contributed by atoms with van der Waals surface area (Å²) in [6, 6.07) is 0. The first-order valence-corrected chi connectivity index (χ1v) is 3.65.